The smallest absolute Gasteiger partial charge is 0.231 e. The number of amides is 1. The molecule has 0 unspecified atom stereocenters. The van der Waals surface area contributed by atoms with E-state index in [2.05, 4.69) is 24.1 Å². The number of hydrogen-bond acceptors (Lipinski definition) is 2. The van der Waals surface area contributed by atoms with E-state index in [1.54, 1.807) is 6.20 Å². The molecule has 1 aromatic rings. The highest BCUT2D eigenvalue weighted by Gasteiger charge is 2.44. The summed E-state index contributed by atoms with van der Waals surface area (Å²) in [6.07, 6.45) is 3.73. The average Bonchev–Trinajstić information content (AvgIpc) is 2.98. The van der Waals surface area contributed by atoms with Crippen LogP contribution in [-0.2, 0) is 4.79 Å². The average molecular weight is 218 g/mol. The maximum Gasteiger partial charge on any atom is 0.231 e. The van der Waals surface area contributed by atoms with Gasteiger partial charge >= 0.3 is 0 Å². The third-order valence-electron chi connectivity index (χ3n) is 3.24. The fourth-order valence-corrected chi connectivity index (χ4v) is 1.56. The minimum Gasteiger partial charge on any atom is -0.310 e. The molecule has 0 aromatic carbocycles. The van der Waals surface area contributed by atoms with Crippen LogP contribution in [-0.4, -0.2) is 10.9 Å². The summed E-state index contributed by atoms with van der Waals surface area (Å²) < 4.78 is 0. The van der Waals surface area contributed by atoms with Gasteiger partial charge in [-0.15, -0.1) is 0 Å². The van der Waals surface area contributed by atoms with E-state index in [0.29, 0.717) is 11.7 Å². The van der Waals surface area contributed by atoms with Crippen molar-refractivity contribution in [3.8, 4) is 0 Å². The van der Waals surface area contributed by atoms with Crippen molar-refractivity contribution < 1.29 is 4.79 Å². The lowest BCUT2D eigenvalue weighted by Crippen LogP contribution is -2.22. The third-order valence-corrected chi connectivity index (χ3v) is 3.24. The standard InChI is InChI=1S/C13H18N2O/c1-9(2)10-4-7-14-11(8-10)15-12(16)13(3)5-6-13/h4,7-9H,5-6H2,1-3H3,(H,14,15,16). The second-order valence-corrected chi connectivity index (χ2v) is 5.14. The second kappa shape index (κ2) is 3.89. The van der Waals surface area contributed by atoms with Crippen molar-refractivity contribution in [2.24, 2.45) is 5.41 Å². The largest absolute Gasteiger partial charge is 0.310 e. The zero-order chi connectivity index (χ0) is 11.8. The number of anilines is 1. The van der Waals surface area contributed by atoms with Crippen LogP contribution in [0.3, 0.4) is 0 Å². The van der Waals surface area contributed by atoms with Gasteiger partial charge in [-0.3, -0.25) is 4.79 Å². The molecule has 0 aliphatic heterocycles. The Morgan fingerprint density at radius 3 is 2.75 bits per heavy atom. The molecule has 3 heteroatoms. The molecule has 1 fully saturated rings. The first kappa shape index (κ1) is 11.1. The van der Waals surface area contributed by atoms with Crippen molar-refractivity contribution in [1.82, 2.24) is 4.98 Å². The van der Waals surface area contributed by atoms with Gasteiger partial charge in [-0.2, -0.15) is 0 Å². The van der Waals surface area contributed by atoms with E-state index in [-0.39, 0.29) is 11.3 Å². The SMILES string of the molecule is CC(C)c1ccnc(NC(=O)C2(C)CC2)c1. The van der Waals surface area contributed by atoms with E-state index in [4.69, 9.17) is 0 Å². The van der Waals surface area contributed by atoms with Crippen LogP contribution < -0.4 is 5.32 Å². The number of aromatic nitrogens is 1. The second-order valence-electron chi connectivity index (χ2n) is 5.14. The molecule has 1 saturated carbocycles. The molecule has 16 heavy (non-hydrogen) atoms. The number of carbonyl (C=O) groups is 1. The Hall–Kier alpha value is -1.38. The van der Waals surface area contributed by atoms with Crippen molar-refractivity contribution in [2.75, 3.05) is 5.32 Å². The summed E-state index contributed by atoms with van der Waals surface area (Å²) >= 11 is 0. The predicted octanol–water partition coefficient (Wildman–Crippen LogP) is 2.94. The lowest BCUT2D eigenvalue weighted by Gasteiger charge is -2.11. The van der Waals surface area contributed by atoms with Crippen molar-refractivity contribution in [1.29, 1.82) is 0 Å². The van der Waals surface area contributed by atoms with Crippen LogP contribution in [0, 0.1) is 5.41 Å². The topological polar surface area (TPSA) is 42.0 Å². The van der Waals surface area contributed by atoms with Gasteiger partial charge < -0.3 is 5.32 Å². The zero-order valence-electron chi connectivity index (χ0n) is 10.1. The first-order chi connectivity index (χ1) is 7.51. The van der Waals surface area contributed by atoms with E-state index >= 15 is 0 Å². The molecule has 0 saturated heterocycles. The Labute approximate surface area is 96.3 Å². The van der Waals surface area contributed by atoms with E-state index in [9.17, 15) is 4.79 Å². The minimum atomic E-state index is -0.143. The van der Waals surface area contributed by atoms with Crippen LogP contribution in [0.4, 0.5) is 5.82 Å². The highest BCUT2D eigenvalue weighted by molar-refractivity contribution is 5.96. The van der Waals surface area contributed by atoms with Gasteiger partial charge in [0.05, 0.1) is 0 Å². The van der Waals surface area contributed by atoms with Crippen molar-refractivity contribution in [3.63, 3.8) is 0 Å². The van der Waals surface area contributed by atoms with E-state index in [1.807, 2.05) is 19.1 Å². The fraction of sp³-hybridized carbons (Fsp3) is 0.538. The summed E-state index contributed by atoms with van der Waals surface area (Å²) in [4.78, 5) is 16.0. The number of nitrogens with one attached hydrogen (secondary N) is 1. The molecule has 1 aliphatic rings. The van der Waals surface area contributed by atoms with E-state index in [1.165, 1.54) is 5.56 Å². The molecule has 2 rings (SSSR count). The first-order valence-electron chi connectivity index (χ1n) is 5.79. The molecule has 1 aliphatic carbocycles. The summed E-state index contributed by atoms with van der Waals surface area (Å²) in [7, 11) is 0. The van der Waals surface area contributed by atoms with Gasteiger partial charge in [0.2, 0.25) is 5.91 Å². The highest BCUT2D eigenvalue weighted by atomic mass is 16.2. The van der Waals surface area contributed by atoms with Gasteiger partial charge in [0, 0.05) is 11.6 Å². The van der Waals surface area contributed by atoms with Crippen molar-refractivity contribution in [3.05, 3.63) is 23.9 Å². The van der Waals surface area contributed by atoms with Gasteiger partial charge in [-0.25, -0.2) is 4.98 Å². The number of carbonyl (C=O) groups excluding carboxylic acids is 1. The van der Waals surface area contributed by atoms with E-state index in [0.717, 1.165) is 12.8 Å². The Bertz CT molecular complexity index is 408. The summed E-state index contributed by atoms with van der Waals surface area (Å²) in [5.74, 6) is 1.22. The maximum atomic E-state index is 11.8. The van der Waals surface area contributed by atoms with Crippen molar-refractivity contribution >= 4 is 11.7 Å². The number of rotatable bonds is 3. The molecular formula is C13H18N2O. The fourth-order valence-electron chi connectivity index (χ4n) is 1.56. The lowest BCUT2D eigenvalue weighted by molar-refractivity contribution is -0.120. The molecule has 1 amide bonds. The maximum absolute atomic E-state index is 11.8. The Balaban J connectivity index is 2.09. The predicted molar refractivity (Wildman–Crippen MR) is 64.3 cm³/mol. The normalized spacial score (nSPS) is 17.2. The summed E-state index contributed by atoms with van der Waals surface area (Å²) in [5.41, 5.74) is 1.06. The van der Waals surface area contributed by atoms with Gasteiger partial charge in [-0.05, 0) is 36.5 Å². The number of hydrogen-bond donors (Lipinski definition) is 1. The Morgan fingerprint density at radius 1 is 1.50 bits per heavy atom. The molecule has 3 nitrogen and oxygen atoms in total. The first-order valence-corrected chi connectivity index (χ1v) is 5.79. The Kier molecular flexibility index (Phi) is 2.70. The Morgan fingerprint density at radius 2 is 2.19 bits per heavy atom. The molecule has 1 N–H and O–H groups in total. The third kappa shape index (κ3) is 2.23. The molecular weight excluding hydrogens is 200 g/mol. The van der Waals surface area contributed by atoms with Crippen LogP contribution >= 0.6 is 0 Å². The van der Waals surface area contributed by atoms with Gasteiger partial charge in [0.1, 0.15) is 5.82 Å². The van der Waals surface area contributed by atoms with Gasteiger partial charge in [-0.1, -0.05) is 20.8 Å². The molecule has 0 radical (unpaired) electrons. The lowest BCUT2D eigenvalue weighted by atomic mass is 10.0. The molecule has 0 spiro atoms. The zero-order valence-corrected chi connectivity index (χ0v) is 10.1. The van der Waals surface area contributed by atoms with Crippen LogP contribution in [0.5, 0.6) is 0 Å². The van der Waals surface area contributed by atoms with Crippen LogP contribution in [0.15, 0.2) is 18.3 Å². The molecule has 0 atom stereocenters. The molecule has 1 aromatic heterocycles. The van der Waals surface area contributed by atoms with Crippen LogP contribution in [0.2, 0.25) is 0 Å². The summed E-state index contributed by atoms with van der Waals surface area (Å²) in [6.45, 7) is 6.25. The van der Waals surface area contributed by atoms with Crippen LogP contribution in [0.1, 0.15) is 45.1 Å². The van der Waals surface area contributed by atoms with Crippen LogP contribution in [0.25, 0.3) is 0 Å². The summed E-state index contributed by atoms with van der Waals surface area (Å²) in [6, 6.07) is 3.94. The van der Waals surface area contributed by atoms with Gasteiger partial charge in [0.25, 0.3) is 0 Å². The van der Waals surface area contributed by atoms with Gasteiger partial charge in [0.15, 0.2) is 0 Å². The van der Waals surface area contributed by atoms with Crippen molar-refractivity contribution in [2.45, 2.75) is 39.5 Å². The van der Waals surface area contributed by atoms with E-state index < -0.39 is 0 Å². The monoisotopic (exact) mass is 218 g/mol. The summed E-state index contributed by atoms with van der Waals surface area (Å²) in [5, 5.41) is 2.89. The molecule has 1 heterocycles. The minimum absolute atomic E-state index is 0.0981. The number of pyridine rings is 1. The molecule has 86 valence electrons. The molecule has 0 bridgehead atoms. The quantitative estimate of drug-likeness (QED) is 0.847. The number of nitrogens with zero attached hydrogens (tertiary/aromatic N) is 1. The highest BCUT2D eigenvalue weighted by Crippen LogP contribution is 2.45.